The van der Waals surface area contributed by atoms with E-state index in [0.717, 1.165) is 12.8 Å². The lowest BCUT2D eigenvalue weighted by Gasteiger charge is -2.36. The molecule has 0 bridgehead atoms. The van der Waals surface area contributed by atoms with E-state index in [1.807, 2.05) is 4.90 Å². The molecule has 0 aromatic heterocycles. The quantitative estimate of drug-likeness (QED) is 0.822. The van der Waals surface area contributed by atoms with E-state index in [-0.39, 0.29) is 17.4 Å². The number of nitrogens with zero attached hydrogens (tertiary/aromatic N) is 3. The van der Waals surface area contributed by atoms with Gasteiger partial charge in [-0.05, 0) is 24.8 Å². The normalized spacial score (nSPS) is 16.0. The summed E-state index contributed by atoms with van der Waals surface area (Å²) in [4.78, 5) is 29.3. The Morgan fingerprint density at radius 2 is 1.57 bits per heavy atom. The monoisotopic (exact) mass is 298 g/mol. The van der Waals surface area contributed by atoms with E-state index in [0.29, 0.717) is 39.1 Å². The van der Waals surface area contributed by atoms with Crippen molar-refractivity contribution in [3.05, 3.63) is 0 Å². The molecule has 0 aromatic carbocycles. The van der Waals surface area contributed by atoms with Crippen LogP contribution in [0.25, 0.3) is 0 Å². The molecule has 1 aliphatic heterocycles. The molecule has 21 heavy (non-hydrogen) atoms. The number of amides is 3. The fourth-order valence-corrected chi connectivity index (χ4v) is 2.55. The van der Waals surface area contributed by atoms with Crippen molar-refractivity contribution in [2.45, 2.75) is 33.1 Å². The van der Waals surface area contributed by atoms with Gasteiger partial charge in [-0.15, -0.1) is 0 Å². The standard InChI is InChI=1S/C15H30N4O2/c1-15(2,7-8-16)6-5-13(20)18-9-11-19(12-10-18)14(21)17(3)4/h5-12,16H2,1-4H3. The molecule has 0 aliphatic carbocycles. The number of rotatable bonds is 5. The number of urea groups is 1. The summed E-state index contributed by atoms with van der Waals surface area (Å²) in [6.07, 6.45) is 2.36. The molecule has 1 aliphatic rings. The van der Waals surface area contributed by atoms with E-state index in [4.69, 9.17) is 5.73 Å². The molecule has 122 valence electrons. The Labute approximate surface area is 128 Å². The molecule has 0 aromatic rings. The van der Waals surface area contributed by atoms with Gasteiger partial charge in [0.25, 0.3) is 0 Å². The minimum Gasteiger partial charge on any atom is -0.339 e. The summed E-state index contributed by atoms with van der Waals surface area (Å²) >= 11 is 0. The van der Waals surface area contributed by atoms with Gasteiger partial charge in [0.1, 0.15) is 0 Å². The minimum absolute atomic E-state index is 0.0196. The van der Waals surface area contributed by atoms with Crippen LogP contribution >= 0.6 is 0 Å². The van der Waals surface area contributed by atoms with Crippen LogP contribution in [0.3, 0.4) is 0 Å². The summed E-state index contributed by atoms with van der Waals surface area (Å²) in [6.45, 7) is 7.48. The lowest BCUT2D eigenvalue weighted by Crippen LogP contribution is -2.52. The lowest BCUT2D eigenvalue weighted by atomic mass is 9.84. The Balaban J connectivity index is 2.37. The first-order chi connectivity index (χ1) is 9.76. The van der Waals surface area contributed by atoms with E-state index in [1.165, 1.54) is 0 Å². The van der Waals surface area contributed by atoms with Gasteiger partial charge in [-0.25, -0.2) is 4.79 Å². The van der Waals surface area contributed by atoms with E-state index in [2.05, 4.69) is 13.8 Å². The van der Waals surface area contributed by atoms with Crippen LogP contribution in [0.4, 0.5) is 4.79 Å². The molecule has 2 N–H and O–H groups in total. The average Bonchev–Trinajstić information content (AvgIpc) is 2.44. The highest BCUT2D eigenvalue weighted by atomic mass is 16.2. The number of piperazine rings is 1. The first-order valence-electron chi connectivity index (χ1n) is 7.71. The van der Waals surface area contributed by atoms with Crippen LogP contribution in [0.2, 0.25) is 0 Å². The highest BCUT2D eigenvalue weighted by Gasteiger charge is 2.26. The molecule has 1 heterocycles. The van der Waals surface area contributed by atoms with Crippen LogP contribution in [-0.4, -0.2) is 73.5 Å². The van der Waals surface area contributed by atoms with Crippen molar-refractivity contribution in [1.29, 1.82) is 0 Å². The molecule has 1 saturated heterocycles. The van der Waals surface area contributed by atoms with Gasteiger partial charge in [0.2, 0.25) is 5.91 Å². The molecule has 1 fully saturated rings. The Kier molecular flexibility index (Phi) is 6.45. The molecular formula is C15H30N4O2. The van der Waals surface area contributed by atoms with E-state index in [9.17, 15) is 9.59 Å². The minimum atomic E-state index is 0.0196. The molecule has 0 unspecified atom stereocenters. The highest BCUT2D eigenvalue weighted by Crippen LogP contribution is 2.26. The second-order valence-electron chi connectivity index (χ2n) is 6.75. The average molecular weight is 298 g/mol. The van der Waals surface area contributed by atoms with E-state index in [1.54, 1.807) is 23.9 Å². The number of carbonyl (C=O) groups excluding carboxylic acids is 2. The van der Waals surface area contributed by atoms with Gasteiger partial charge in [0, 0.05) is 46.7 Å². The molecule has 0 atom stereocenters. The molecule has 6 heteroatoms. The molecule has 3 amide bonds. The molecule has 0 radical (unpaired) electrons. The van der Waals surface area contributed by atoms with Crippen LogP contribution in [0.1, 0.15) is 33.1 Å². The van der Waals surface area contributed by atoms with E-state index < -0.39 is 0 Å². The molecular weight excluding hydrogens is 268 g/mol. The van der Waals surface area contributed by atoms with Crippen molar-refractivity contribution < 1.29 is 9.59 Å². The lowest BCUT2D eigenvalue weighted by molar-refractivity contribution is -0.133. The largest absolute Gasteiger partial charge is 0.339 e. The second-order valence-corrected chi connectivity index (χ2v) is 6.75. The van der Waals surface area contributed by atoms with Gasteiger partial charge in [0.05, 0.1) is 0 Å². The molecule has 6 nitrogen and oxygen atoms in total. The Morgan fingerprint density at radius 3 is 2.05 bits per heavy atom. The van der Waals surface area contributed by atoms with Gasteiger partial charge in [0.15, 0.2) is 0 Å². The predicted octanol–water partition coefficient (Wildman–Crippen LogP) is 0.967. The van der Waals surface area contributed by atoms with Gasteiger partial charge < -0.3 is 20.4 Å². The fourth-order valence-electron chi connectivity index (χ4n) is 2.55. The second kappa shape index (κ2) is 7.64. The Hall–Kier alpha value is -1.30. The molecule has 0 spiro atoms. The smallest absolute Gasteiger partial charge is 0.319 e. The third kappa shape index (κ3) is 5.53. The Bertz CT molecular complexity index is 361. The zero-order chi connectivity index (χ0) is 16.0. The first kappa shape index (κ1) is 17.8. The topological polar surface area (TPSA) is 69.9 Å². The van der Waals surface area contributed by atoms with Crippen molar-refractivity contribution in [2.24, 2.45) is 11.1 Å². The van der Waals surface area contributed by atoms with Crippen LogP contribution in [0.5, 0.6) is 0 Å². The zero-order valence-corrected chi connectivity index (χ0v) is 13.9. The van der Waals surface area contributed by atoms with Crippen LogP contribution < -0.4 is 5.73 Å². The highest BCUT2D eigenvalue weighted by molar-refractivity contribution is 5.77. The van der Waals surface area contributed by atoms with Crippen molar-refractivity contribution in [3.8, 4) is 0 Å². The van der Waals surface area contributed by atoms with Crippen LogP contribution in [0.15, 0.2) is 0 Å². The summed E-state index contributed by atoms with van der Waals surface area (Å²) < 4.78 is 0. The van der Waals surface area contributed by atoms with Crippen LogP contribution in [0, 0.1) is 5.41 Å². The Morgan fingerprint density at radius 1 is 1.05 bits per heavy atom. The summed E-state index contributed by atoms with van der Waals surface area (Å²) in [5, 5.41) is 0. The number of carbonyl (C=O) groups is 2. The van der Waals surface area contributed by atoms with Gasteiger partial charge in [-0.2, -0.15) is 0 Å². The maximum atomic E-state index is 12.2. The van der Waals surface area contributed by atoms with Gasteiger partial charge in [-0.3, -0.25) is 4.79 Å². The third-order valence-corrected chi connectivity index (χ3v) is 4.12. The third-order valence-electron chi connectivity index (χ3n) is 4.12. The van der Waals surface area contributed by atoms with Crippen molar-refractivity contribution >= 4 is 11.9 Å². The number of hydrogen-bond acceptors (Lipinski definition) is 3. The summed E-state index contributed by atoms with van der Waals surface area (Å²) in [5.41, 5.74) is 5.71. The van der Waals surface area contributed by atoms with Crippen LogP contribution in [-0.2, 0) is 4.79 Å². The first-order valence-corrected chi connectivity index (χ1v) is 7.71. The molecule has 0 saturated carbocycles. The van der Waals surface area contributed by atoms with Crippen molar-refractivity contribution in [1.82, 2.24) is 14.7 Å². The SMILES string of the molecule is CN(C)C(=O)N1CCN(C(=O)CCC(C)(C)CCN)CC1. The molecule has 1 rings (SSSR count). The van der Waals surface area contributed by atoms with Gasteiger partial charge >= 0.3 is 6.03 Å². The fraction of sp³-hybridized carbons (Fsp3) is 0.867. The zero-order valence-electron chi connectivity index (χ0n) is 13.9. The van der Waals surface area contributed by atoms with E-state index >= 15 is 0 Å². The summed E-state index contributed by atoms with van der Waals surface area (Å²) in [7, 11) is 3.50. The predicted molar refractivity (Wildman–Crippen MR) is 83.9 cm³/mol. The van der Waals surface area contributed by atoms with Crippen molar-refractivity contribution in [2.75, 3.05) is 46.8 Å². The number of hydrogen-bond donors (Lipinski definition) is 1. The summed E-state index contributed by atoms with van der Waals surface area (Å²) in [5.74, 6) is 0.192. The maximum Gasteiger partial charge on any atom is 0.319 e. The van der Waals surface area contributed by atoms with Gasteiger partial charge in [-0.1, -0.05) is 13.8 Å². The number of nitrogens with two attached hydrogens (primary N) is 1. The maximum absolute atomic E-state index is 12.2. The summed E-state index contributed by atoms with van der Waals surface area (Å²) in [6, 6.07) is 0.0196. The van der Waals surface area contributed by atoms with Crippen molar-refractivity contribution in [3.63, 3.8) is 0 Å².